The van der Waals surface area contributed by atoms with Gasteiger partial charge in [0.1, 0.15) is 5.82 Å². The third-order valence-corrected chi connectivity index (χ3v) is 5.14. The molecule has 0 unspecified atom stereocenters. The summed E-state index contributed by atoms with van der Waals surface area (Å²) >= 11 is 6.31. The molecule has 0 saturated heterocycles. The molecule has 0 fully saturated rings. The Labute approximate surface area is 175 Å². The quantitative estimate of drug-likeness (QED) is 0.599. The second kappa shape index (κ2) is 8.11. The first-order chi connectivity index (χ1) is 14.1. The molecule has 0 bridgehead atoms. The molecule has 1 aliphatic heterocycles. The monoisotopic (exact) mass is 407 g/mol. The van der Waals surface area contributed by atoms with E-state index in [2.05, 4.69) is 15.6 Å². The highest BCUT2D eigenvalue weighted by molar-refractivity contribution is 6.31. The number of carbonyl (C=O) groups excluding carboxylic acids is 1. The molecular weight excluding hydrogens is 386 g/mol. The molecule has 0 radical (unpaired) electrons. The van der Waals surface area contributed by atoms with Crippen molar-refractivity contribution in [1.82, 2.24) is 10.3 Å². The zero-order valence-electron chi connectivity index (χ0n) is 16.3. The maximum atomic E-state index is 13.4. The first kappa shape index (κ1) is 19.2. The van der Waals surface area contributed by atoms with Gasteiger partial charge in [-0.15, -0.1) is 0 Å². The van der Waals surface area contributed by atoms with Gasteiger partial charge in [0, 0.05) is 48.2 Å². The maximum Gasteiger partial charge on any atom is 0.334 e. The zero-order valence-corrected chi connectivity index (χ0v) is 17.1. The van der Waals surface area contributed by atoms with Gasteiger partial charge in [-0.3, -0.25) is 9.80 Å². The predicted molar refractivity (Wildman–Crippen MR) is 119 cm³/mol. The van der Waals surface area contributed by atoms with E-state index in [1.54, 1.807) is 23.0 Å². The number of nitrogens with zero attached hydrogens (tertiary/aromatic N) is 3. The van der Waals surface area contributed by atoms with Crippen LogP contribution in [0.25, 0.3) is 11.1 Å². The molecule has 2 N–H and O–H groups in total. The zero-order chi connectivity index (χ0) is 20.4. The van der Waals surface area contributed by atoms with Gasteiger partial charge in [-0.2, -0.15) is 0 Å². The Morgan fingerprint density at radius 1 is 1.03 bits per heavy atom. The number of benzene rings is 2. The van der Waals surface area contributed by atoms with Gasteiger partial charge in [-0.1, -0.05) is 17.7 Å². The van der Waals surface area contributed by atoms with Gasteiger partial charge in [0.25, 0.3) is 0 Å². The number of nitrogens with one attached hydrogen (secondary N) is 2. The molecule has 4 rings (SSSR count). The molecule has 3 aromatic rings. The Morgan fingerprint density at radius 3 is 2.59 bits per heavy atom. The lowest BCUT2D eigenvalue weighted by Crippen LogP contribution is -2.38. The number of amides is 2. The number of likely N-dealkylation sites (N-methyl/N-ethyl adjacent to an activating group) is 1. The first-order valence-corrected chi connectivity index (χ1v) is 9.79. The van der Waals surface area contributed by atoms with Crippen LogP contribution in [0.2, 0.25) is 5.02 Å². The predicted octanol–water partition coefficient (Wildman–Crippen LogP) is 4.74. The summed E-state index contributed by atoms with van der Waals surface area (Å²) in [6.45, 7) is 1.69. The van der Waals surface area contributed by atoms with Crippen LogP contribution in [0.1, 0.15) is 0 Å². The Morgan fingerprint density at radius 2 is 1.83 bits per heavy atom. The van der Waals surface area contributed by atoms with Crippen molar-refractivity contribution in [3.8, 4) is 11.1 Å². The number of anilines is 4. The Bertz CT molecular complexity index is 1040. The highest BCUT2D eigenvalue weighted by Crippen LogP contribution is 2.43. The van der Waals surface area contributed by atoms with Crippen LogP contribution in [0.4, 0.5) is 27.7 Å². The van der Waals surface area contributed by atoms with Crippen LogP contribution in [-0.2, 0) is 0 Å². The van der Waals surface area contributed by atoms with E-state index < -0.39 is 0 Å². The van der Waals surface area contributed by atoms with Gasteiger partial charge in [0.2, 0.25) is 0 Å². The summed E-state index contributed by atoms with van der Waals surface area (Å²) in [6.07, 6.45) is 1.69. The molecule has 2 amide bonds. The third-order valence-electron chi connectivity index (χ3n) is 4.90. The Hall–Kier alpha value is -3.09. The summed E-state index contributed by atoms with van der Waals surface area (Å²) < 4.78 is 0. The molecule has 1 aliphatic rings. The number of hydrogen-bond acceptors (Lipinski definition) is 4. The molecule has 0 saturated carbocycles. The number of aromatic nitrogens is 1. The van der Waals surface area contributed by atoms with Gasteiger partial charge >= 0.3 is 6.03 Å². The minimum Gasteiger partial charge on any atom is -0.384 e. The lowest BCUT2D eigenvalue weighted by Gasteiger charge is -2.26. The fourth-order valence-corrected chi connectivity index (χ4v) is 3.61. The van der Waals surface area contributed by atoms with Crippen LogP contribution < -0.4 is 20.4 Å². The highest BCUT2D eigenvalue weighted by Gasteiger charge is 2.31. The smallest absolute Gasteiger partial charge is 0.334 e. The van der Waals surface area contributed by atoms with Crippen molar-refractivity contribution >= 4 is 40.5 Å². The van der Waals surface area contributed by atoms with Crippen LogP contribution in [0, 0.1) is 0 Å². The van der Waals surface area contributed by atoms with Crippen LogP contribution in [0.3, 0.4) is 0 Å². The number of urea groups is 1. The van der Waals surface area contributed by atoms with Gasteiger partial charge in [-0.25, -0.2) is 9.78 Å². The molecule has 148 valence electrons. The van der Waals surface area contributed by atoms with E-state index in [1.807, 2.05) is 61.6 Å². The summed E-state index contributed by atoms with van der Waals surface area (Å²) in [4.78, 5) is 21.1. The number of pyridine rings is 1. The molecule has 0 aliphatic carbocycles. The normalized spacial score (nSPS) is 13.0. The average molecular weight is 408 g/mol. The number of hydrogen-bond donors (Lipinski definition) is 2. The van der Waals surface area contributed by atoms with Crippen LogP contribution in [-0.4, -0.2) is 38.2 Å². The summed E-state index contributed by atoms with van der Waals surface area (Å²) in [5.74, 6) is 0.619. The summed E-state index contributed by atoms with van der Waals surface area (Å²) in [5, 5.41) is 7.02. The highest BCUT2D eigenvalue weighted by atomic mass is 35.5. The third kappa shape index (κ3) is 3.64. The summed E-state index contributed by atoms with van der Waals surface area (Å²) in [6, 6.07) is 17.0. The molecule has 29 heavy (non-hydrogen) atoms. The fraction of sp³-hybridized carbons (Fsp3) is 0.182. The standard InChI is InChI=1S/C22H22ClN5O/c1-24-12-13-25-16-6-8-17(9-7-16)28-20-14-15(23)5-10-18(20)19-4-3-11-26-21(19)27(2)22(28)29/h3-11,14,24-25H,12-13H2,1-2H3. The van der Waals surface area contributed by atoms with Crippen molar-refractivity contribution in [3.63, 3.8) is 0 Å². The van der Waals surface area contributed by atoms with Crippen LogP contribution in [0.5, 0.6) is 0 Å². The van der Waals surface area contributed by atoms with E-state index in [1.165, 1.54) is 0 Å². The summed E-state index contributed by atoms with van der Waals surface area (Å²) in [7, 11) is 3.66. The van der Waals surface area contributed by atoms with E-state index in [0.29, 0.717) is 10.8 Å². The summed E-state index contributed by atoms with van der Waals surface area (Å²) in [5.41, 5.74) is 4.29. The van der Waals surface area contributed by atoms with E-state index >= 15 is 0 Å². The minimum absolute atomic E-state index is 0.193. The lowest BCUT2D eigenvalue weighted by atomic mass is 10.0. The number of rotatable bonds is 5. The van der Waals surface area contributed by atoms with Gasteiger partial charge < -0.3 is 10.6 Å². The first-order valence-electron chi connectivity index (χ1n) is 9.41. The van der Waals surface area contributed by atoms with Crippen molar-refractivity contribution in [2.75, 3.05) is 42.3 Å². The Kier molecular flexibility index (Phi) is 5.38. The van der Waals surface area contributed by atoms with Gasteiger partial charge in [0.05, 0.1) is 11.4 Å². The maximum absolute atomic E-state index is 13.4. The molecule has 7 heteroatoms. The molecule has 0 spiro atoms. The van der Waals surface area contributed by atoms with Crippen LogP contribution in [0.15, 0.2) is 60.8 Å². The molecule has 6 nitrogen and oxygen atoms in total. The SMILES string of the molecule is CNCCNc1ccc(N2C(=O)N(C)c3ncccc3-c3ccc(Cl)cc32)cc1. The Balaban J connectivity index is 1.80. The number of halogens is 1. The van der Waals surface area contributed by atoms with E-state index in [-0.39, 0.29) is 6.03 Å². The van der Waals surface area contributed by atoms with Crippen molar-refractivity contribution in [1.29, 1.82) is 0 Å². The minimum atomic E-state index is -0.193. The molecule has 0 atom stereocenters. The van der Waals surface area contributed by atoms with Crippen molar-refractivity contribution in [3.05, 3.63) is 65.8 Å². The number of fused-ring (bicyclic) bond motifs is 3. The van der Waals surface area contributed by atoms with E-state index in [0.717, 1.165) is 41.3 Å². The molecule has 2 heterocycles. The van der Waals surface area contributed by atoms with Crippen molar-refractivity contribution < 1.29 is 4.79 Å². The van der Waals surface area contributed by atoms with Crippen molar-refractivity contribution in [2.45, 2.75) is 0 Å². The topological polar surface area (TPSA) is 60.5 Å². The van der Waals surface area contributed by atoms with Crippen molar-refractivity contribution in [2.24, 2.45) is 0 Å². The van der Waals surface area contributed by atoms with E-state index in [4.69, 9.17) is 11.6 Å². The average Bonchev–Trinajstić information content (AvgIpc) is 2.83. The van der Waals surface area contributed by atoms with Gasteiger partial charge in [-0.05, 0) is 55.6 Å². The molecule has 1 aromatic heterocycles. The molecule has 2 aromatic carbocycles. The largest absolute Gasteiger partial charge is 0.384 e. The second-order valence-corrected chi connectivity index (χ2v) is 7.23. The second-order valence-electron chi connectivity index (χ2n) is 6.79. The number of carbonyl (C=O) groups is 1. The van der Waals surface area contributed by atoms with Crippen LogP contribution >= 0.6 is 11.6 Å². The van der Waals surface area contributed by atoms with E-state index in [9.17, 15) is 4.79 Å². The molecular formula is C22H22ClN5O. The lowest BCUT2D eigenvalue weighted by molar-refractivity contribution is 0.254. The fourth-order valence-electron chi connectivity index (χ4n) is 3.45. The van der Waals surface area contributed by atoms with Gasteiger partial charge in [0.15, 0.2) is 0 Å².